The Morgan fingerprint density at radius 3 is 2.89 bits per heavy atom. The predicted molar refractivity (Wildman–Crippen MR) is 80.4 cm³/mol. The average Bonchev–Trinajstić information content (AvgIpc) is 3.04. The highest BCUT2D eigenvalue weighted by Crippen LogP contribution is 2.32. The maximum absolute atomic E-state index is 4.39. The van der Waals surface area contributed by atoms with Crippen LogP contribution in [0.2, 0.25) is 0 Å². The van der Waals surface area contributed by atoms with Gasteiger partial charge in [-0.1, -0.05) is 30.3 Å². The molecule has 2 aromatic heterocycles. The summed E-state index contributed by atoms with van der Waals surface area (Å²) in [7, 11) is 2.10. The second-order valence-electron chi connectivity index (χ2n) is 4.60. The number of rotatable bonds is 1. The first-order valence-corrected chi connectivity index (χ1v) is 6.97. The van der Waals surface area contributed by atoms with E-state index in [2.05, 4.69) is 70.6 Å². The number of aryl methyl sites for hydroxylation is 1. The van der Waals surface area contributed by atoms with E-state index < -0.39 is 0 Å². The van der Waals surface area contributed by atoms with Crippen LogP contribution >= 0.6 is 11.3 Å². The van der Waals surface area contributed by atoms with Crippen molar-refractivity contribution in [3.63, 3.8) is 0 Å². The van der Waals surface area contributed by atoms with Gasteiger partial charge in [-0.25, -0.2) is 4.98 Å². The molecule has 0 spiro atoms. The van der Waals surface area contributed by atoms with Crippen molar-refractivity contribution in [1.29, 1.82) is 0 Å². The lowest BCUT2D eigenvalue weighted by molar-refractivity contribution is 0.979. The monoisotopic (exact) mass is 263 g/mol. The lowest BCUT2D eigenvalue weighted by Gasteiger charge is -2.05. The van der Waals surface area contributed by atoms with Crippen molar-refractivity contribution in [3.05, 3.63) is 54.0 Å². The molecule has 3 heteroatoms. The van der Waals surface area contributed by atoms with Crippen molar-refractivity contribution in [3.8, 4) is 11.3 Å². The number of hydrogen-bond acceptors (Lipinski definition) is 2. The molecule has 0 aliphatic rings. The number of aromatic nitrogens is 2. The van der Waals surface area contributed by atoms with Gasteiger partial charge in [-0.2, -0.15) is 0 Å². The summed E-state index contributed by atoms with van der Waals surface area (Å²) in [4.78, 5) is 4.39. The van der Waals surface area contributed by atoms with E-state index in [1.807, 2.05) is 0 Å². The summed E-state index contributed by atoms with van der Waals surface area (Å²) in [6, 6.07) is 17.0. The first kappa shape index (κ1) is 10.8. The Bertz CT molecular complexity index is 886. The topological polar surface area (TPSA) is 17.8 Å². The molecule has 4 rings (SSSR count). The van der Waals surface area contributed by atoms with Crippen LogP contribution in [0.5, 0.6) is 0 Å². The summed E-state index contributed by atoms with van der Waals surface area (Å²) in [5, 5.41) is 1.26. The molecule has 0 unspecified atom stereocenters. The molecule has 2 nitrogen and oxygen atoms in total. The number of hydrogen-bond donors (Lipinski definition) is 0. The zero-order chi connectivity index (χ0) is 12.8. The molecule has 4 aromatic rings. The van der Waals surface area contributed by atoms with Crippen LogP contribution in [0, 0.1) is 5.51 Å². The van der Waals surface area contributed by atoms with Gasteiger partial charge in [0.05, 0.1) is 15.9 Å². The van der Waals surface area contributed by atoms with Crippen molar-refractivity contribution >= 4 is 32.5 Å². The number of benzene rings is 2. The minimum atomic E-state index is 1.04. The Morgan fingerprint density at radius 1 is 1.11 bits per heavy atom. The quantitative estimate of drug-likeness (QED) is 0.502. The molecule has 91 valence electrons. The summed E-state index contributed by atoms with van der Waals surface area (Å²) >= 11 is 1.56. The Hall–Kier alpha value is -2.13. The highest BCUT2D eigenvalue weighted by atomic mass is 32.1. The van der Waals surface area contributed by atoms with Crippen molar-refractivity contribution < 1.29 is 0 Å². The van der Waals surface area contributed by atoms with E-state index in [1.165, 1.54) is 26.9 Å². The summed E-state index contributed by atoms with van der Waals surface area (Å²) in [6.45, 7) is 0. The van der Waals surface area contributed by atoms with E-state index in [1.54, 1.807) is 11.3 Å². The van der Waals surface area contributed by atoms with E-state index in [0.717, 1.165) is 5.52 Å². The molecule has 2 aromatic carbocycles. The Labute approximate surface area is 114 Å². The fourth-order valence-electron chi connectivity index (χ4n) is 2.59. The first-order valence-electron chi connectivity index (χ1n) is 6.15. The summed E-state index contributed by atoms with van der Waals surface area (Å²) in [5.41, 5.74) is 7.64. The molecule has 0 saturated heterocycles. The normalized spacial score (nSPS) is 11.4. The molecule has 0 atom stereocenters. The van der Waals surface area contributed by atoms with Gasteiger partial charge in [0.1, 0.15) is 0 Å². The van der Waals surface area contributed by atoms with Gasteiger partial charge in [-0.05, 0) is 18.2 Å². The van der Waals surface area contributed by atoms with Gasteiger partial charge >= 0.3 is 0 Å². The molecule has 0 aliphatic carbocycles. The van der Waals surface area contributed by atoms with Gasteiger partial charge in [0.25, 0.3) is 0 Å². The number of fused-ring (bicyclic) bond motifs is 2. The fraction of sp³-hybridized carbons (Fsp3) is 0.0625. The highest BCUT2D eigenvalue weighted by Gasteiger charge is 2.11. The molecule has 0 saturated carbocycles. The van der Waals surface area contributed by atoms with Crippen LogP contribution in [-0.4, -0.2) is 9.55 Å². The van der Waals surface area contributed by atoms with E-state index in [-0.39, 0.29) is 0 Å². The largest absolute Gasteiger partial charge is 0.344 e. The average molecular weight is 263 g/mol. The lowest BCUT2D eigenvalue weighted by Crippen LogP contribution is -1.91. The number of thiazole rings is 1. The fourth-order valence-corrected chi connectivity index (χ4v) is 3.23. The van der Waals surface area contributed by atoms with Crippen LogP contribution in [0.25, 0.3) is 32.4 Å². The Kier molecular flexibility index (Phi) is 2.23. The van der Waals surface area contributed by atoms with Crippen LogP contribution in [0.15, 0.2) is 48.5 Å². The Balaban J connectivity index is 2.09. The molecule has 19 heavy (non-hydrogen) atoms. The van der Waals surface area contributed by atoms with Crippen LogP contribution in [0.4, 0.5) is 0 Å². The van der Waals surface area contributed by atoms with Crippen LogP contribution in [-0.2, 0) is 7.05 Å². The minimum Gasteiger partial charge on any atom is -0.344 e. The summed E-state index contributed by atoms with van der Waals surface area (Å²) < 4.78 is 3.41. The maximum Gasteiger partial charge on any atom is 0.153 e. The smallest absolute Gasteiger partial charge is 0.153 e. The van der Waals surface area contributed by atoms with Crippen molar-refractivity contribution in [2.75, 3.05) is 0 Å². The van der Waals surface area contributed by atoms with Gasteiger partial charge in [-0.3, -0.25) is 0 Å². The van der Waals surface area contributed by atoms with E-state index in [9.17, 15) is 0 Å². The molecule has 0 fully saturated rings. The molecule has 0 amide bonds. The zero-order valence-corrected chi connectivity index (χ0v) is 11.2. The van der Waals surface area contributed by atoms with Gasteiger partial charge in [0.15, 0.2) is 5.51 Å². The van der Waals surface area contributed by atoms with E-state index in [0.29, 0.717) is 0 Å². The van der Waals surface area contributed by atoms with Gasteiger partial charge in [-0.15, -0.1) is 11.3 Å². The molecule has 2 heterocycles. The third kappa shape index (κ3) is 1.52. The van der Waals surface area contributed by atoms with Crippen LogP contribution in [0.1, 0.15) is 0 Å². The van der Waals surface area contributed by atoms with Crippen molar-refractivity contribution in [2.24, 2.45) is 7.05 Å². The molecule has 0 aliphatic heterocycles. The van der Waals surface area contributed by atoms with Gasteiger partial charge < -0.3 is 4.57 Å². The number of para-hydroxylation sites is 2. The van der Waals surface area contributed by atoms with Crippen molar-refractivity contribution in [2.45, 2.75) is 0 Å². The third-order valence-electron chi connectivity index (χ3n) is 3.54. The zero-order valence-electron chi connectivity index (χ0n) is 10.4. The van der Waals surface area contributed by atoms with E-state index >= 15 is 0 Å². The SMILES string of the molecule is Cn1c(-c2cccc3s[c]nc23)cc2ccccc21. The second-order valence-corrected chi connectivity index (χ2v) is 5.43. The predicted octanol–water partition coefficient (Wildman–Crippen LogP) is 4.26. The van der Waals surface area contributed by atoms with Crippen molar-refractivity contribution in [1.82, 2.24) is 9.55 Å². The minimum absolute atomic E-state index is 1.04. The summed E-state index contributed by atoms with van der Waals surface area (Å²) in [5.74, 6) is 0. The van der Waals surface area contributed by atoms with Crippen LogP contribution in [0.3, 0.4) is 0 Å². The van der Waals surface area contributed by atoms with Gasteiger partial charge in [0, 0.05) is 23.5 Å². The molecular formula is C16H11N2S. The van der Waals surface area contributed by atoms with Gasteiger partial charge in [0.2, 0.25) is 0 Å². The summed E-state index contributed by atoms with van der Waals surface area (Å²) in [6.07, 6.45) is 0. The third-order valence-corrected chi connectivity index (χ3v) is 4.27. The van der Waals surface area contributed by atoms with E-state index in [4.69, 9.17) is 0 Å². The molecule has 0 N–H and O–H groups in total. The first-order chi connectivity index (χ1) is 9.34. The van der Waals surface area contributed by atoms with Crippen LogP contribution < -0.4 is 0 Å². The number of nitrogens with zero attached hydrogens (tertiary/aromatic N) is 2. The highest BCUT2D eigenvalue weighted by molar-refractivity contribution is 7.16. The molecule has 0 bridgehead atoms. The lowest BCUT2D eigenvalue weighted by atomic mass is 10.1. The second kappa shape index (κ2) is 3.93. The standard InChI is InChI=1S/C16H11N2S/c1-18-13-7-3-2-5-11(13)9-14(18)12-6-4-8-15-16(12)17-10-19-15/h2-9H,1H3. The molecule has 1 radical (unpaired) electrons. The maximum atomic E-state index is 4.39. The Morgan fingerprint density at radius 2 is 2.00 bits per heavy atom. The molecular weight excluding hydrogens is 252 g/mol.